The van der Waals surface area contributed by atoms with Gasteiger partial charge in [0.2, 0.25) is 11.7 Å². The van der Waals surface area contributed by atoms with E-state index >= 15 is 0 Å². The van der Waals surface area contributed by atoms with Crippen LogP contribution in [0.1, 0.15) is 31.2 Å². The lowest BCUT2D eigenvalue weighted by Crippen LogP contribution is -2.42. The first kappa shape index (κ1) is 14.4. The second-order valence-electron chi connectivity index (χ2n) is 5.07. The molecule has 1 aliphatic rings. The maximum atomic E-state index is 13.2. The third kappa shape index (κ3) is 2.13. The van der Waals surface area contributed by atoms with Gasteiger partial charge < -0.3 is 20.4 Å². The molecule has 5 nitrogen and oxygen atoms in total. The van der Waals surface area contributed by atoms with Gasteiger partial charge >= 0.3 is 5.97 Å². The molecule has 0 spiro atoms. The molecule has 110 valence electrons. The minimum absolute atomic E-state index is 0.157. The van der Waals surface area contributed by atoms with Crippen LogP contribution in [0.25, 0.3) is 0 Å². The Bertz CT molecular complexity index is 546. The van der Waals surface area contributed by atoms with Gasteiger partial charge in [-0.05, 0) is 18.9 Å². The predicted octanol–water partition coefficient (Wildman–Crippen LogP) is 2.34. The Morgan fingerprint density at radius 2 is 1.55 bits per heavy atom. The van der Waals surface area contributed by atoms with Gasteiger partial charge in [0.1, 0.15) is 0 Å². The van der Waals surface area contributed by atoms with Crippen LogP contribution in [0.15, 0.2) is 12.1 Å². The molecule has 1 aromatic rings. The number of carboxylic acid groups (broad SMARTS) is 1. The van der Waals surface area contributed by atoms with Crippen molar-refractivity contribution in [2.75, 3.05) is 0 Å². The molecule has 0 saturated heterocycles. The quantitative estimate of drug-likeness (QED) is 0.626. The predicted molar refractivity (Wildman–Crippen MR) is 64.2 cm³/mol. The molecule has 0 radical (unpaired) electrons. The lowest BCUT2D eigenvalue weighted by atomic mass is 9.68. The molecule has 20 heavy (non-hydrogen) atoms. The molecule has 1 aromatic carbocycles. The molecule has 1 saturated carbocycles. The number of carboxylic acids is 1. The molecule has 1 aliphatic carbocycles. The second kappa shape index (κ2) is 4.50. The van der Waals surface area contributed by atoms with Crippen LogP contribution in [0, 0.1) is 0 Å². The summed E-state index contributed by atoms with van der Waals surface area (Å²) >= 11 is 0. The van der Waals surface area contributed by atoms with Gasteiger partial charge in [-0.2, -0.15) is 0 Å². The Kier molecular flexibility index (Phi) is 3.23. The van der Waals surface area contributed by atoms with E-state index in [4.69, 9.17) is 0 Å². The largest absolute Gasteiger partial charge is 0.504 e. The Balaban J connectivity index is 2.51. The molecule has 0 bridgehead atoms. The van der Waals surface area contributed by atoms with Crippen molar-refractivity contribution in [1.29, 1.82) is 0 Å². The summed E-state index contributed by atoms with van der Waals surface area (Å²) in [6, 6.07) is 2.17. The summed E-state index contributed by atoms with van der Waals surface area (Å²) in [4.78, 5) is 11.5. The first-order valence-corrected chi connectivity index (χ1v) is 6.05. The van der Waals surface area contributed by atoms with Crippen LogP contribution in [0.3, 0.4) is 0 Å². The van der Waals surface area contributed by atoms with Crippen molar-refractivity contribution >= 4 is 5.97 Å². The summed E-state index contributed by atoms with van der Waals surface area (Å²) in [5.74, 6) is -6.49. The zero-order valence-corrected chi connectivity index (χ0v) is 10.4. The maximum Gasteiger partial charge on any atom is 0.314 e. The van der Waals surface area contributed by atoms with Crippen LogP contribution in [-0.2, 0) is 10.2 Å². The molecule has 1 fully saturated rings. The lowest BCUT2D eigenvalue weighted by Gasteiger charge is -2.37. The Morgan fingerprint density at radius 1 is 1.00 bits per heavy atom. The molecular formula is C13H14F2O5. The third-order valence-electron chi connectivity index (χ3n) is 3.89. The number of hydrogen-bond donors (Lipinski definition) is 4. The average Bonchev–Trinajstić information content (AvgIpc) is 2.37. The summed E-state index contributed by atoms with van der Waals surface area (Å²) in [6.45, 7) is 0. The Hall–Kier alpha value is -2.05. The number of alkyl halides is 2. The van der Waals surface area contributed by atoms with E-state index in [2.05, 4.69) is 0 Å². The van der Waals surface area contributed by atoms with Crippen LogP contribution in [0.4, 0.5) is 8.78 Å². The highest BCUT2D eigenvalue weighted by atomic mass is 19.3. The molecular weight excluding hydrogens is 274 g/mol. The highest BCUT2D eigenvalue weighted by molar-refractivity contribution is 5.83. The number of phenols is 3. The minimum Gasteiger partial charge on any atom is -0.504 e. The summed E-state index contributed by atoms with van der Waals surface area (Å²) in [5, 5.41) is 37.9. The van der Waals surface area contributed by atoms with E-state index in [0.29, 0.717) is 0 Å². The molecule has 2 rings (SSSR count). The van der Waals surface area contributed by atoms with Crippen molar-refractivity contribution < 1.29 is 34.0 Å². The van der Waals surface area contributed by atoms with E-state index < -0.39 is 47.4 Å². The number of hydrogen-bond acceptors (Lipinski definition) is 4. The average molecular weight is 288 g/mol. The second-order valence-corrected chi connectivity index (χ2v) is 5.07. The summed E-state index contributed by atoms with van der Waals surface area (Å²) in [6.07, 6.45) is -1.93. The van der Waals surface area contributed by atoms with Gasteiger partial charge in [0.15, 0.2) is 11.5 Å². The maximum absolute atomic E-state index is 13.2. The van der Waals surface area contributed by atoms with Gasteiger partial charge in [-0.1, -0.05) is 6.07 Å². The first-order valence-electron chi connectivity index (χ1n) is 6.05. The van der Waals surface area contributed by atoms with Crippen molar-refractivity contribution in [3.63, 3.8) is 0 Å². The zero-order valence-electron chi connectivity index (χ0n) is 10.4. The molecule has 0 atom stereocenters. The highest BCUT2D eigenvalue weighted by Gasteiger charge is 2.50. The standard InChI is InChI=1S/C13H14F2O5/c14-13(15)5-3-12(4-6-13,11(19)20)7-1-2-8(16)10(18)9(7)17/h1-2,16-18H,3-6H2,(H,19,20). The molecule has 4 N–H and O–H groups in total. The number of halogens is 2. The normalized spacial score (nSPS) is 20.5. The number of aromatic hydroxyl groups is 3. The number of rotatable bonds is 2. The van der Waals surface area contributed by atoms with Crippen LogP contribution in [0.5, 0.6) is 17.2 Å². The van der Waals surface area contributed by atoms with E-state index in [9.17, 15) is 34.0 Å². The summed E-state index contributed by atoms with van der Waals surface area (Å²) in [5.41, 5.74) is -1.84. The van der Waals surface area contributed by atoms with Gasteiger partial charge in [0.25, 0.3) is 0 Å². The lowest BCUT2D eigenvalue weighted by molar-refractivity contribution is -0.149. The van der Waals surface area contributed by atoms with Gasteiger partial charge in [-0.3, -0.25) is 4.79 Å². The van der Waals surface area contributed by atoms with Crippen molar-refractivity contribution in [3.05, 3.63) is 17.7 Å². The van der Waals surface area contributed by atoms with E-state index in [1.807, 2.05) is 0 Å². The molecule has 0 heterocycles. The fourth-order valence-corrected chi connectivity index (χ4v) is 2.60. The number of benzene rings is 1. The van der Waals surface area contributed by atoms with Crippen LogP contribution in [-0.4, -0.2) is 32.3 Å². The zero-order chi connectivity index (χ0) is 15.1. The van der Waals surface area contributed by atoms with Crippen LogP contribution in [0.2, 0.25) is 0 Å². The monoisotopic (exact) mass is 288 g/mol. The van der Waals surface area contributed by atoms with Crippen molar-refractivity contribution in [2.45, 2.75) is 37.0 Å². The Labute approximate surface area is 113 Å². The van der Waals surface area contributed by atoms with Gasteiger partial charge in [-0.25, -0.2) is 8.78 Å². The number of phenolic OH excluding ortho intramolecular Hbond substituents is 3. The van der Waals surface area contributed by atoms with E-state index in [-0.39, 0.29) is 18.4 Å². The van der Waals surface area contributed by atoms with E-state index in [1.54, 1.807) is 0 Å². The summed E-state index contributed by atoms with van der Waals surface area (Å²) < 4.78 is 26.5. The van der Waals surface area contributed by atoms with Gasteiger partial charge in [-0.15, -0.1) is 0 Å². The molecule has 0 aromatic heterocycles. The van der Waals surface area contributed by atoms with E-state index in [1.165, 1.54) is 0 Å². The van der Waals surface area contributed by atoms with Crippen molar-refractivity contribution in [1.82, 2.24) is 0 Å². The van der Waals surface area contributed by atoms with Gasteiger partial charge in [0, 0.05) is 18.4 Å². The molecule has 0 aliphatic heterocycles. The highest BCUT2D eigenvalue weighted by Crippen LogP contribution is 2.51. The van der Waals surface area contributed by atoms with Gasteiger partial charge in [0.05, 0.1) is 5.41 Å². The minimum atomic E-state index is -2.92. The van der Waals surface area contributed by atoms with Crippen molar-refractivity contribution in [3.8, 4) is 17.2 Å². The number of carbonyl (C=O) groups is 1. The fraction of sp³-hybridized carbons (Fsp3) is 0.462. The number of aliphatic carboxylic acids is 1. The van der Waals surface area contributed by atoms with Crippen LogP contribution >= 0.6 is 0 Å². The van der Waals surface area contributed by atoms with Crippen LogP contribution < -0.4 is 0 Å². The topological polar surface area (TPSA) is 98.0 Å². The van der Waals surface area contributed by atoms with Crippen molar-refractivity contribution in [2.24, 2.45) is 0 Å². The summed E-state index contributed by atoms with van der Waals surface area (Å²) in [7, 11) is 0. The molecule has 0 unspecified atom stereocenters. The Morgan fingerprint density at radius 3 is 2.05 bits per heavy atom. The van der Waals surface area contributed by atoms with E-state index in [0.717, 1.165) is 12.1 Å². The molecule has 0 amide bonds. The smallest absolute Gasteiger partial charge is 0.314 e. The molecule has 7 heteroatoms. The fourth-order valence-electron chi connectivity index (χ4n) is 2.60. The SMILES string of the molecule is O=C(O)C1(c2ccc(O)c(O)c2O)CCC(F)(F)CC1. The first-order chi connectivity index (χ1) is 9.19. The third-order valence-corrected chi connectivity index (χ3v) is 3.89.